The summed E-state index contributed by atoms with van der Waals surface area (Å²) in [6.45, 7) is -0.0101. The van der Waals surface area contributed by atoms with Crippen LogP contribution in [0.25, 0.3) is 11.6 Å². The molecule has 0 aromatic heterocycles. The lowest BCUT2D eigenvalue weighted by Crippen LogP contribution is -2.26. The first-order valence-corrected chi connectivity index (χ1v) is 9.18. The maximum atomic E-state index is 13.2. The van der Waals surface area contributed by atoms with Crippen molar-refractivity contribution in [1.29, 1.82) is 0 Å². The first kappa shape index (κ1) is 23.1. The molecule has 1 amide bonds. The summed E-state index contributed by atoms with van der Waals surface area (Å²) in [5, 5.41) is 0.810. The second kappa shape index (κ2) is 11.1. The molecule has 6 nitrogen and oxygen atoms in total. The number of nitrogens with zero attached hydrogens (tertiary/aromatic N) is 1. The van der Waals surface area contributed by atoms with Gasteiger partial charge in [-0.15, -0.1) is 0 Å². The lowest BCUT2D eigenvalue weighted by molar-refractivity contribution is -0.177. The van der Waals surface area contributed by atoms with Crippen LogP contribution in [0.1, 0.15) is 16.7 Å². The first-order chi connectivity index (χ1) is 14.4. The quantitative estimate of drug-likeness (QED) is 0.271. The van der Waals surface area contributed by atoms with Gasteiger partial charge in [0.1, 0.15) is 23.0 Å². The van der Waals surface area contributed by atoms with Gasteiger partial charge in [0.05, 0.1) is 20.5 Å². The maximum absolute atomic E-state index is 13.2. The van der Waals surface area contributed by atoms with Gasteiger partial charge in [-0.2, -0.15) is 0 Å². The Morgan fingerprint density at radius 1 is 1.13 bits per heavy atom. The second-order valence-corrected chi connectivity index (χ2v) is 6.45. The molecule has 8 heteroatoms. The highest BCUT2D eigenvalue weighted by atomic mass is 35.5. The van der Waals surface area contributed by atoms with Crippen molar-refractivity contribution in [2.45, 2.75) is 6.61 Å². The van der Waals surface area contributed by atoms with Crippen LogP contribution in [0.5, 0.6) is 0 Å². The number of ether oxygens (including phenoxy) is 2. The monoisotopic (exact) mass is 433 g/mol. The minimum absolute atomic E-state index is 0.0101. The van der Waals surface area contributed by atoms with E-state index in [-0.39, 0.29) is 17.2 Å². The SMILES string of the molecule is CO/C=C(/C(=O)OC)c1ccccc1/C=C(\Cl)C(=O)N(C)OCc1cccc(F)c1. The van der Waals surface area contributed by atoms with Gasteiger partial charge in [0, 0.05) is 7.05 Å². The molecule has 0 spiro atoms. The Balaban J connectivity index is 2.20. The number of likely N-dealkylation sites (N-methyl/N-ethyl adjacent to an activating group) is 1. The molecule has 0 radical (unpaired) electrons. The number of benzene rings is 2. The van der Waals surface area contributed by atoms with Crippen LogP contribution < -0.4 is 0 Å². The second-order valence-electron chi connectivity index (χ2n) is 6.04. The van der Waals surface area contributed by atoms with Gasteiger partial charge in [0.25, 0.3) is 5.91 Å². The van der Waals surface area contributed by atoms with Crippen molar-refractivity contribution >= 4 is 35.1 Å². The molecule has 0 fully saturated rings. The van der Waals surface area contributed by atoms with Crippen molar-refractivity contribution < 1.29 is 28.3 Å². The largest absolute Gasteiger partial charge is 0.503 e. The molecule has 0 aliphatic rings. The zero-order chi connectivity index (χ0) is 22.1. The van der Waals surface area contributed by atoms with E-state index in [1.165, 1.54) is 45.7 Å². The van der Waals surface area contributed by atoms with Crippen molar-refractivity contribution in [2.75, 3.05) is 21.3 Å². The van der Waals surface area contributed by atoms with Crippen molar-refractivity contribution in [3.63, 3.8) is 0 Å². The van der Waals surface area contributed by atoms with E-state index >= 15 is 0 Å². The standard InChI is InChI=1S/C22H21ClFNO5/c1-25(30-13-15-7-6-9-17(24)11-15)21(26)20(23)12-16-8-4-5-10-18(16)19(14-28-2)22(27)29-3/h4-12,14H,13H2,1-3H3/b19-14+,20-12-. The Labute approximate surface area is 179 Å². The number of rotatable bonds is 8. The van der Waals surface area contributed by atoms with Gasteiger partial charge in [0.2, 0.25) is 0 Å². The fourth-order valence-electron chi connectivity index (χ4n) is 2.52. The van der Waals surface area contributed by atoms with Gasteiger partial charge >= 0.3 is 5.97 Å². The highest BCUT2D eigenvalue weighted by Gasteiger charge is 2.18. The van der Waals surface area contributed by atoms with Gasteiger partial charge in [-0.3, -0.25) is 9.63 Å². The van der Waals surface area contributed by atoms with Gasteiger partial charge in [-0.25, -0.2) is 14.2 Å². The summed E-state index contributed by atoms with van der Waals surface area (Å²) in [4.78, 5) is 30.0. The zero-order valence-electron chi connectivity index (χ0n) is 16.7. The molecule has 0 aliphatic carbocycles. The van der Waals surface area contributed by atoms with E-state index in [4.69, 9.17) is 25.9 Å². The molecule has 0 aliphatic heterocycles. The van der Waals surface area contributed by atoms with Gasteiger partial charge in [-0.1, -0.05) is 48.0 Å². The van der Waals surface area contributed by atoms with Gasteiger partial charge < -0.3 is 9.47 Å². The van der Waals surface area contributed by atoms with Gasteiger partial charge in [0.15, 0.2) is 0 Å². The van der Waals surface area contributed by atoms with Crippen LogP contribution in [0.2, 0.25) is 0 Å². The Bertz CT molecular complexity index is 974. The van der Waals surface area contributed by atoms with E-state index < -0.39 is 17.7 Å². The third-order valence-electron chi connectivity index (χ3n) is 3.98. The Kier molecular flexibility index (Phi) is 8.58. The summed E-state index contributed by atoms with van der Waals surface area (Å²) in [7, 11) is 4.06. The van der Waals surface area contributed by atoms with E-state index in [2.05, 4.69) is 0 Å². The molecule has 2 rings (SSSR count). The average Bonchev–Trinajstić information content (AvgIpc) is 2.75. The van der Waals surface area contributed by atoms with Crippen LogP contribution in [-0.4, -0.2) is 38.2 Å². The van der Waals surface area contributed by atoms with Crippen molar-refractivity contribution in [3.05, 3.63) is 82.3 Å². The topological polar surface area (TPSA) is 65.1 Å². The van der Waals surface area contributed by atoms with Crippen molar-refractivity contribution in [3.8, 4) is 0 Å². The number of hydrogen-bond acceptors (Lipinski definition) is 5. The molecule has 0 atom stereocenters. The molecule has 2 aromatic carbocycles. The van der Waals surface area contributed by atoms with E-state index in [9.17, 15) is 14.0 Å². The molecule has 2 aromatic rings. The number of hydroxylamine groups is 2. The molecular weight excluding hydrogens is 413 g/mol. The van der Waals surface area contributed by atoms with Crippen molar-refractivity contribution in [1.82, 2.24) is 5.06 Å². The average molecular weight is 434 g/mol. The fraction of sp³-hybridized carbons (Fsp3) is 0.182. The van der Waals surface area contributed by atoms with Gasteiger partial charge in [-0.05, 0) is 34.9 Å². The molecule has 30 heavy (non-hydrogen) atoms. The Morgan fingerprint density at radius 3 is 2.53 bits per heavy atom. The predicted octanol–water partition coefficient (Wildman–Crippen LogP) is 4.16. The Morgan fingerprint density at radius 2 is 1.87 bits per heavy atom. The number of carbonyl (C=O) groups excluding carboxylic acids is 2. The molecule has 0 bridgehead atoms. The highest BCUT2D eigenvalue weighted by Crippen LogP contribution is 2.24. The van der Waals surface area contributed by atoms with E-state index in [1.807, 2.05) is 0 Å². The molecule has 0 saturated carbocycles. The third-order valence-corrected chi connectivity index (χ3v) is 4.25. The summed E-state index contributed by atoms with van der Waals surface area (Å²) in [6.07, 6.45) is 2.66. The fourth-order valence-corrected chi connectivity index (χ4v) is 2.76. The maximum Gasteiger partial charge on any atom is 0.341 e. The lowest BCUT2D eigenvalue weighted by Gasteiger charge is -2.17. The summed E-state index contributed by atoms with van der Waals surface area (Å²) in [5.74, 6) is -1.61. The molecule has 158 valence electrons. The molecule has 0 N–H and O–H groups in total. The van der Waals surface area contributed by atoms with Crippen LogP contribution in [0.3, 0.4) is 0 Å². The van der Waals surface area contributed by atoms with Crippen molar-refractivity contribution in [2.24, 2.45) is 0 Å². The number of halogens is 2. The minimum Gasteiger partial charge on any atom is -0.503 e. The van der Waals surface area contributed by atoms with Crippen LogP contribution in [0, 0.1) is 5.82 Å². The van der Waals surface area contributed by atoms with E-state index in [1.54, 1.807) is 36.4 Å². The van der Waals surface area contributed by atoms with Crippen LogP contribution >= 0.6 is 11.6 Å². The number of amides is 1. The third kappa shape index (κ3) is 6.17. The number of esters is 1. The smallest absolute Gasteiger partial charge is 0.341 e. The zero-order valence-corrected chi connectivity index (χ0v) is 17.5. The number of methoxy groups -OCH3 is 2. The lowest BCUT2D eigenvalue weighted by atomic mass is 10.00. The van der Waals surface area contributed by atoms with E-state index in [0.717, 1.165) is 5.06 Å². The summed E-state index contributed by atoms with van der Waals surface area (Å²) in [5.41, 5.74) is 1.70. The minimum atomic E-state index is -0.613. The molecule has 0 heterocycles. The molecular formula is C22H21ClFNO5. The number of hydrogen-bond donors (Lipinski definition) is 0. The molecule has 0 unspecified atom stereocenters. The summed E-state index contributed by atoms with van der Waals surface area (Å²) < 4.78 is 23.0. The summed E-state index contributed by atoms with van der Waals surface area (Å²) >= 11 is 6.20. The first-order valence-electron chi connectivity index (χ1n) is 8.80. The normalized spacial score (nSPS) is 11.8. The van der Waals surface area contributed by atoms with E-state index in [0.29, 0.717) is 16.7 Å². The Hall–Kier alpha value is -3.16. The van der Waals surface area contributed by atoms with Crippen LogP contribution in [-0.2, 0) is 30.5 Å². The number of carbonyl (C=O) groups is 2. The molecule has 0 saturated heterocycles. The summed E-state index contributed by atoms with van der Waals surface area (Å²) in [6, 6.07) is 12.7. The highest BCUT2D eigenvalue weighted by molar-refractivity contribution is 6.44. The predicted molar refractivity (Wildman–Crippen MR) is 111 cm³/mol. The van der Waals surface area contributed by atoms with Crippen LogP contribution in [0.15, 0.2) is 59.8 Å². The van der Waals surface area contributed by atoms with Crippen LogP contribution in [0.4, 0.5) is 4.39 Å².